The quantitative estimate of drug-likeness (QED) is 0.581. The average molecular weight is 407 g/mol. The van der Waals surface area contributed by atoms with E-state index < -0.39 is 0 Å². The summed E-state index contributed by atoms with van der Waals surface area (Å²) in [7, 11) is 0. The number of nitrogens with one attached hydrogen (secondary N) is 3. The first-order chi connectivity index (χ1) is 14.3. The Morgan fingerprint density at radius 1 is 1.00 bits per heavy atom. The van der Waals surface area contributed by atoms with Gasteiger partial charge < -0.3 is 16.0 Å². The van der Waals surface area contributed by atoms with Gasteiger partial charge >= 0.3 is 6.03 Å². The Morgan fingerprint density at radius 3 is 2.37 bits per heavy atom. The molecule has 3 amide bonds. The number of benzene rings is 1. The molecule has 0 radical (unpaired) electrons. The molecule has 0 unspecified atom stereocenters. The molecular weight excluding hydrogens is 382 g/mol. The summed E-state index contributed by atoms with van der Waals surface area (Å²) >= 11 is 0. The molecule has 0 aliphatic carbocycles. The van der Waals surface area contributed by atoms with E-state index in [1.165, 1.54) is 4.68 Å². The molecule has 0 fully saturated rings. The summed E-state index contributed by atoms with van der Waals surface area (Å²) in [4.78, 5) is 32.8. The predicted octanol–water partition coefficient (Wildman–Crippen LogP) is 3.11. The summed E-state index contributed by atoms with van der Waals surface area (Å²) in [5.74, 6) is 0.584. The largest absolute Gasteiger partial charge is 0.337 e. The molecule has 0 saturated heterocycles. The Balaban J connectivity index is 1.60. The number of carbonyl (C=O) groups is 2. The first-order valence-corrected chi connectivity index (χ1v) is 9.60. The molecule has 9 nitrogen and oxygen atoms in total. The number of amides is 3. The Morgan fingerprint density at radius 2 is 1.70 bits per heavy atom. The van der Waals surface area contributed by atoms with Crippen LogP contribution >= 0.6 is 0 Å². The lowest BCUT2D eigenvalue weighted by atomic mass is 9.92. The second-order valence-corrected chi connectivity index (χ2v) is 7.67. The second kappa shape index (κ2) is 9.17. The van der Waals surface area contributed by atoms with E-state index in [1.807, 2.05) is 45.0 Å². The van der Waals surface area contributed by atoms with E-state index >= 15 is 0 Å². The third kappa shape index (κ3) is 5.63. The molecule has 0 aliphatic rings. The van der Waals surface area contributed by atoms with Crippen LogP contribution in [-0.2, 0) is 10.2 Å². The van der Waals surface area contributed by atoms with E-state index in [2.05, 4.69) is 31.0 Å². The number of anilines is 2. The Hall–Kier alpha value is -3.75. The minimum absolute atomic E-state index is 0.105. The molecule has 0 spiro atoms. The van der Waals surface area contributed by atoms with Crippen LogP contribution in [-0.4, -0.2) is 38.2 Å². The van der Waals surface area contributed by atoms with Crippen molar-refractivity contribution in [1.82, 2.24) is 25.1 Å². The minimum Gasteiger partial charge on any atom is -0.337 e. The van der Waals surface area contributed by atoms with Gasteiger partial charge in [0.15, 0.2) is 0 Å². The fourth-order valence-corrected chi connectivity index (χ4v) is 2.58. The van der Waals surface area contributed by atoms with Crippen molar-refractivity contribution in [3.63, 3.8) is 0 Å². The average Bonchev–Trinajstić information content (AvgIpc) is 3.13. The van der Waals surface area contributed by atoms with Gasteiger partial charge in [-0.1, -0.05) is 39.0 Å². The molecule has 3 N–H and O–H groups in total. The maximum Gasteiger partial charge on any atom is 0.319 e. The Kier molecular flexibility index (Phi) is 6.41. The van der Waals surface area contributed by atoms with Gasteiger partial charge in [0.1, 0.15) is 5.82 Å². The lowest BCUT2D eigenvalue weighted by Crippen LogP contribution is -2.31. The number of para-hydroxylation sites is 1. The monoisotopic (exact) mass is 407 g/mol. The first-order valence-electron chi connectivity index (χ1n) is 9.60. The topological polar surface area (TPSA) is 114 Å². The SMILES string of the molecule is CC(C)(C)c1cc(NC(=O)CCNC(=O)Nc2ccccc2)n(-c2ncccn2)n1. The van der Waals surface area contributed by atoms with Crippen molar-refractivity contribution in [3.05, 3.63) is 60.6 Å². The number of nitrogens with zero attached hydrogens (tertiary/aromatic N) is 4. The summed E-state index contributed by atoms with van der Waals surface area (Å²) < 4.78 is 1.51. The van der Waals surface area contributed by atoms with E-state index in [-0.39, 0.29) is 30.3 Å². The zero-order valence-corrected chi connectivity index (χ0v) is 17.2. The third-order valence-electron chi connectivity index (χ3n) is 4.16. The minimum atomic E-state index is -0.369. The van der Waals surface area contributed by atoms with Crippen molar-refractivity contribution in [1.29, 1.82) is 0 Å². The highest BCUT2D eigenvalue weighted by Crippen LogP contribution is 2.25. The molecule has 9 heteroatoms. The van der Waals surface area contributed by atoms with Gasteiger partial charge in [0.25, 0.3) is 5.95 Å². The number of carbonyl (C=O) groups excluding carboxylic acids is 2. The zero-order chi connectivity index (χ0) is 21.6. The second-order valence-electron chi connectivity index (χ2n) is 7.67. The molecule has 3 rings (SSSR count). The molecule has 0 saturated carbocycles. The fraction of sp³-hybridized carbons (Fsp3) is 0.286. The normalized spacial score (nSPS) is 11.0. The van der Waals surface area contributed by atoms with Gasteiger partial charge in [0.05, 0.1) is 5.69 Å². The van der Waals surface area contributed by atoms with Crippen LogP contribution in [0.4, 0.5) is 16.3 Å². The first kappa shape index (κ1) is 21.0. The van der Waals surface area contributed by atoms with Gasteiger partial charge in [-0.2, -0.15) is 9.78 Å². The molecule has 30 heavy (non-hydrogen) atoms. The number of rotatable bonds is 6. The molecule has 156 valence electrons. The molecule has 0 atom stereocenters. The van der Waals surface area contributed by atoms with E-state index in [4.69, 9.17) is 0 Å². The molecule has 0 aliphatic heterocycles. The van der Waals surface area contributed by atoms with Gasteiger partial charge in [-0.15, -0.1) is 0 Å². The van der Waals surface area contributed by atoms with Crippen molar-refractivity contribution < 1.29 is 9.59 Å². The van der Waals surface area contributed by atoms with Crippen molar-refractivity contribution >= 4 is 23.4 Å². The molecule has 0 bridgehead atoms. The number of hydrogen-bond donors (Lipinski definition) is 3. The number of urea groups is 1. The van der Waals surface area contributed by atoms with Crippen LogP contribution in [0.15, 0.2) is 54.9 Å². The lowest BCUT2D eigenvalue weighted by Gasteiger charge is -2.13. The van der Waals surface area contributed by atoms with Crippen LogP contribution in [0.25, 0.3) is 5.95 Å². The standard InChI is InChI=1S/C21H25N7O2/c1-21(2,3)16-14-17(28(27-16)19-22-11-7-12-23-19)26-18(29)10-13-24-20(30)25-15-8-5-4-6-9-15/h4-9,11-12,14H,10,13H2,1-3H3,(H,26,29)(H2,24,25,30). The van der Waals surface area contributed by atoms with E-state index in [1.54, 1.807) is 30.6 Å². The Labute approximate surface area is 174 Å². The Bertz CT molecular complexity index is 995. The summed E-state index contributed by atoms with van der Waals surface area (Å²) in [6, 6.07) is 12.2. The van der Waals surface area contributed by atoms with Gasteiger partial charge in [-0.25, -0.2) is 14.8 Å². The molecular formula is C21H25N7O2. The third-order valence-corrected chi connectivity index (χ3v) is 4.16. The molecule has 2 aromatic heterocycles. The van der Waals surface area contributed by atoms with Gasteiger partial charge in [-0.3, -0.25) is 4.79 Å². The van der Waals surface area contributed by atoms with Crippen LogP contribution in [0.2, 0.25) is 0 Å². The predicted molar refractivity (Wildman–Crippen MR) is 115 cm³/mol. The van der Waals surface area contributed by atoms with Crippen molar-refractivity contribution in [2.24, 2.45) is 0 Å². The van der Waals surface area contributed by atoms with Crippen LogP contribution in [0.5, 0.6) is 0 Å². The van der Waals surface area contributed by atoms with E-state index in [0.29, 0.717) is 17.5 Å². The highest BCUT2D eigenvalue weighted by atomic mass is 16.2. The summed E-state index contributed by atoms with van der Waals surface area (Å²) in [6.07, 6.45) is 3.33. The number of aromatic nitrogens is 4. The highest BCUT2D eigenvalue weighted by molar-refractivity contribution is 5.92. The van der Waals surface area contributed by atoms with Gasteiger partial charge in [0.2, 0.25) is 5.91 Å². The van der Waals surface area contributed by atoms with Crippen LogP contribution in [0.1, 0.15) is 32.9 Å². The molecule has 3 aromatic rings. The summed E-state index contributed by atoms with van der Waals surface area (Å²) in [5, 5.41) is 12.8. The zero-order valence-electron chi connectivity index (χ0n) is 17.2. The lowest BCUT2D eigenvalue weighted by molar-refractivity contribution is -0.116. The van der Waals surface area contributed by atoms with E-state index in [0.717, 1.165) is 5.69 Å². The van der Waals surface area contributed by atoms with Crippen molar-refractivity contribution in [3.8, 4) is 5.95 Å². The molecule has 1 aromatic carbocycles. The van der Waals surface area contributed by atoms with Crippen LogP contribution in [0, 0.1) is 0 Å². The summed E-state index contributed by atoms with van der Waals surface area (Å²) in [5.41, 5.74) is 1.27. The highest BCUT2D eigenvalue weighted by Gasteiger charge is 2.22. The van der Waals surface area contributed by atoms with Gasteiger partial charge in [0, 0.05) is 42.5 Å². The summed E-state index contributed by atoms with van der Waals surface area (Å²) in [6.45, 7) is 6.29. The van der Waals surface area contributed by atoms with Gasteiger partial charge in [-0.05, 0) is 18.2 Å². The smallest absolute Gasteiger partial charge is 0.319 e. The number of hydrogen-bond acceptors (Lipinski definition) is 5. The maximum absolute atomic E-state index is 12.4. The van der Waals surface area contributed by atoms with E-state index in [9.17, 15) is 9.59 Å². The molecule has 2 heterocycles. The van der Waals surface area contributed by atoms with Crippen molar-refractivity contribution in [2.45, 2.75) is 32.6 Å². The fourth-order valence-electron chi connectivity index (χ4n) is 2.58. The van der Waals surface area contributed by atoms with Crippen LogP contribution < -0.4 is 16.0 Å². The van der Waals surface area contributed by atoms with Crippen LogP contribution in [0.3, 0.4) is 0 Å². The maximum atomic E-state index is 12.4. The van der Waals surface area contributed by atoms with Crippen molar-refractivity contribution in [2.75, 3.05) is 17.2 Å².